The van der Waals surface area contributed by atoms with Crippen molar-refractivity contribution in [2.45, 2.75) is 86.7 Å². The Morgan fingerprint density at radius 1 is 1.05 bits per heavy atom. The molecular formula is C16H37NO3. The van der Waals surface area contributed by atoms with E-state index in [1.165, 1.54) is 6.42 Å². The predicted molar refractivity (Wildman–Crippen MR) is 88.2 cm³/mol. The van der Waals surface area contributed by atoms with Crippen LogP contribution in [-0.2, 0) is 9.53 Å². The molecule has 0 rings (SSSR count). The third-order valence-corrected chi connectivity index (χ3v) is 1.45. The first-order chi connectivity index (χ1) is 9.37. The van der Waals surface area contributed by atoms with Crippen LogP contribution in [0.15, 0.2) is 0 Å². The van der Waals surface area contributed by atoms with Crippen LogP contribution in [0.4, 0.5) is 4.79 Å². The fourth-order valence-electron chi connectivity index (χ4n) is 0.880. The number of amides is 1. The first-order valence-electron chi connectivity index (χ1n) is 7.63. The van der Waals surface area contributed by atoms with Gasteiger partial charge in [0.25, 0.3) is 0 Å². The van der Waals surface area contributed by atoms with Crippen LogP contribution in [0.3, 0.4) is 0 Å². The van der Waals surface area contributed by atoms with Gasteiger partial charge in [0, 0.05) is 6.54 Å². The molecule has 1 N–H and O–H groups in total. The van der Waals surface area contributed by atoms with Crippen molar-refractivity contribution in [3.05, 3.63) is 0 Å². The number of ether oxygens (including phenoxy) is 1. The summed E-state index contributed by atoms with van der Waals surface area (Å²) in [6.45, 7) is 18.7. The van der Waals surface area contributed by atoms with Crippen LogP contribution in [0.1, 0.15) is 81.1 Å². The second-order valence-electron chi connectivity index (χ2n) is 4.84. The van der Waals surface area contributed by atoms with Crippen LogP contribution in [0.25, 0.3) is 0 Å². The standard InChI is InChI=1S/C10H21NO2.C3H8.C2H6.CH2O/c1-5-6-7-8-11-9(12)13-10(2,3)4;1-3-2;2*1-2/h5-8H2,1-4H3,(H,11,12);3H2,1-2H3;1-2H3;1H2. The Labute approximate surface area is 126 Å². The Bertz CT molecular complexity index is 177. The molecule has 124 valence electrons. The molecule has 0 heterocycles. The van der Waals surface area contributed by atoms with E-state index in [1.54, 1.807) is 0 Å². The fourth-order valence-corrected chi connectivity index (χ4v) is 0.880. The van der Waals surface area contributed by atoms with Crippen molar-refractivity contribution in [1.29, 1.82) is 0 Å². The van der Waals surface area contributed by atoms with Gasteiger partial charge in [0.05, 0.1) is 0 Å². The zero-order valence-corrected chi connectivity index (χ0v) is 15.0. The lowest BCUT2D eigenvalue weighted by Gasteiger charge is -2.19. The largest absolute Gasteiger partial charge is 0.444 e. The number of hydrogen-bond donors (Lipinski definition) is 1. The molecule has 4 heteroatoms. The van der Waals surface area contributed by atoms with Crippen molar-refractivity contribution >= 4 is 12.9 Å². The molecule has 0 bridgehead atoms. The average Bonchev–Trinajstić information content (AvgIpc) is 2.38. The molecule has 0 aliphatic rings. The summed E-state index contributed by atoms with van der Waals surface area (Å²) in [4.78, 5) is 19.1. The summed E-state index contributed by atoms with van der Waals surface area (Å²) in [7, 11) is 0. The van der Waals surface area contributed by atoms with Crippen LogP contribution in [0.2, 0.25) is 0 Å². The maximum absolute atomic E-state index is 11.1. The summed E-state index contributed by atoms with van der Waals surface area (Å²) in [5.74, 6) is 0. The highest BCUT2D eigenvalue weighted by Gasteiger charge is 2.15. The van der Waals surface area contributed by atoms with E-state index in [0.717, 1.165) is 19.3 Å². The van der Waals surface area contributed by atoms with Crippen molar-refractivity contribution < 1.29 is 14.3 Å². The highest BCUT2D eigenvalue weighted by molar-refractivity contribution is 5.67. The summed E-state index contributed by atoms with van der Waals surface area (Å²) >= 11 is 0. The minimum atomic E-state index is -0.394. The molecule has 0 unspecified atom stereocenters. The molecule has 0 aliphatic heterocycles. The number of alkyl carbamates (subject to hydrolysis) is 1. The van der Waals surface area contributed by atoms with Crippen LogP contribution >= 0.6 is 0 Å². The molecule has 0 aromatic carbocycles. The maximum atomic E-state index is 11.1. The summed E-state index contributed by atoms with van der Waals surface area (Å²) in [5, 5.41) is 2.71. The van der Waals surface area contributed by atoms with Gasteiger partial charge in [-0.2, -0.15) is 0 Å². The van der Waals surface area contributed by atoms with E-state index in [1.807, 2.05) is 41.4 Å². The van der Waals surface area contributed by atoms with E-state index in [4.69, 9.17) is 9.53 Å². The summed E-state index contributed by atoms with van der Waals surface area (Å²) in [6, 6.07) is 0. The molecule has 0 atom stereocenters. The van der Waals surface area contributed by atoms with E-state index in [9.17, 15) is 4.79 Å². The molecule has 0 saturated heterocycles. The van der Waals surface area contributed by atoms with E-state index in [-0.39, 0.29) is 6.09 Å². The van der Waals surface area contributed by atoms with Crippen LogP contribution < -0.4 is 5.32 Å². The zero-order chi connectivity index (χ0) is 17.0. The van der Waals surface area contributed by atoms with E-state index in [0.29, 0.717) is 6.54 Å². The van der Waals surface area contributed by atoms with Crippen molar-refractivity contribution in [2.75, 3.05) is 6.54 Å². The highest BCUT2D eigenvalue weighted by Crippen LogP contribution is 2.06. The Kier molecular flexibility index (Phi) is 31.5. The Hall–Kier alpha value is -1.06. The van der Waals surface area contributed by atoms with Crippen LogP contribution in [-0.4, -0.2) is 25.0 Å². The predicted octanol–water partition coefficient (Wildman–Crippen LogP) is 4.96. The lowest BCUT2D eigenvalue weighted by atomic mass is 10.2. The van der Waals surface area contributed by atoms with Gasteiger partial charge in [0.1, 0.15) is 12.4 Å². The number of rotatable bonds is 4. The lowest BCUT2D eigenvalue weighted by Crippen LogP contribution is -2.32. The lowest BCUT2D eigenvalue weighted by molar-refractivity contribution is -0.0980. The fraction of sp³-hybridized carbons (Fsp3) is 0.875. The molecule has 0 spiro atoms. The molecule has 20 heavy (non-hydrogen) atoms. The van der Waals surface area contributed by atoms with Gasteiger partial charge in [-0.05, 0) is 27.2 Å². The highest BCUT2D eigenvalue weighted by atomic mass is 16.6. The van der Waals surface area contributed by atoms with Crippen molar-refractivity contribution in [3.8, 4) is 0 Å². The van der Waals surface area contributed by atoms with Gasteiger partial charge >= 0.3 is 6.09 Å². The quantitative estimate of drug-likeness (QED) is 0.745. The van der Waals surface area contributed by atoms with Gasteiger partial charge < -0.3 is 14.8 Å². The molecule has 0 aromatic heterocycles. The smallest absolute Gasteiger partial charge is 0.407 e. The Morgan fingerprint density at radius 3 is 1.75 bits per heavy atom. The maximum Gasteiger partial charge on any atom is 0.407 e. The SMILES string of the molecule is C=O.CC.CCC.CCCCCNC(=O)OC(C)(C)C. The number of carbonyl (C=O) groups is 2. The van der Waals surface area contributed by atoms with Gasteiger partial charge in [0.2, 0.25) is 0 Å². The molecule has 0 radical (unpaired) electrons. The number of unbranched alkanes of at least 4 members (excludes halogenated alkanes) is 2. The van der Waals surface area contributed by atoms with Crippen molar-refractivity contribution in [2.24, 2.45) is 0 Å². The second-order valence-corrected chi connectivity index (χ2v) is 4.84. The number of hydrogen-bond acceptors (Lipinski definition) is 3. The van der Waals surface area contributed by atoms with E-state index >= 15 is 0 Å². The van der Waals surface area contributed by atoms with E-state index < -0.39 is 5.60 Å². The first kappa shape index (κ1) is 27.3. The molecular weight excluding hydrogens is 254 g/mol. The minimum absolute atomic E-state index is 0.316. The Balaban J connectivity index is -0.000000155. The summed E-state index contributed by atoms with van der Waals surface area (Å²) in [6.07, 6.45) is 4.27. The van der Waals surface area contributed by atoms with Crippen LogP contribution in [0.5, 0.6) is 0 Å². The molecule has 0 saturated carbocycles. The normalized spacial score (nSPS) is 8.60. The zero-order valence-electron chi connectivity index (χ0n) is 15.0. The van der Waals surface area contributed by atoms with E-state index in [2.05, 4.69) is 26.1 Å². The second kappa shape index (κ2) is 23.1. The van der Waals surface area contributed by atoms with Crippen molar-refractivity contribution in [1.82, 2.24) is 5.32 Å². The third-order valence-electron chi connectivity index (χ3n) is 1.45. The van der Waals surface area contributed by atoms with Gasteiger partial charge in [0.15, 0.2) is 0 Å². The monoisotopic (exact) mass is 291 g/mol. The van der Waals surface area contributed by atoms with Gasteiger partial charge in [-0.15, -0.1) is 0 Å². The van der Waals surface area contributed by atoms with Crippen molar-refractivity contribution in [3.63, 3.8) is 0 Å². The van der Waals surface area contributed by atoms with Gasteiger partial charge in [-0.3, -0.25) is 0 Å². The molecule has 4 nitrogen and oxygen atoms in total. The summed E-state index contributed by atoms with van der Waals surface area (Å²) in [5.41, 5.74) is -0.394. The van der Waals surface area contributed by atoms with Crippen LogP contribution in [0, 0.1) is 0 Å². The first-order valence-corrected chi connectivity index (χ1v) is 7.63. The Morgan fingerprint density at radius 2 is 1.45 bits per heavy atom. The minimum Gasteiger partial charge on any atom is -0.444 e. The molecule has 0 aromatic rings. The summed E-state index contributed by atoms with van der Waals surface area (Å²) < 4.78 is 5.07. The molecule has 0 fully saturated rings. The molecule has 0 aliphatic carbocycles. The number of carbonyl (C=O) groups excluding carboxylic acids is 2. The third kappa shape index (κ3) is 43.6. The van der Waals surface area contributed by atoms with Gasteiger partial charge in [-0.1, -0.05) is 53.9 Å². The topological polar surface area (TPSA) is 55.4 Å². The number of nitrogens with one attached hydrogen (secondary N) is 1. The van der Waals surface area contributed by atoms with Gasteiger partial charge in [-0.25, -0.2) is 4.79 Å². The average molecular weight is 291 g/mol. The molecule has 1 amide bonds.